The molecule has 0 radical (unpaired) electrons. The van der Waals surface area contributed by atoms with E-state index >= 15 is 0 Å². The summed E-state index contributed by atoms with van der Waals surface area (Å²) >= 11 is 1.42. The Labute approximate surface area is 130 Å². The van der Waals surface area contributed by atoms with E-state index in [1.165, 1.54) is 22.9 Å². The predicted octanol–water partition coefficient (Wildman–Crippen LogP) is 4.40. The van der Waals surface area contributed by atoms with E-state index in [2.05, 4.69) is 18.2 Å². The molecule has 0 heterocycles. The zero-order chi connectivity index (χ0) is 15.4. The summed E-state index contributed by atoms with van der Waals surface area (Å²) in [6, 6.07) is 14.2. The van der Waals surface area contributed by atoms with Crippen molar-refractivity contribution in [2.24, 2.45) is 0 Å². The molecule has 21 heavy (non-hydrogen) atoms. The average molecular weight is 300 g/mol. The molecule has 0 aliphatic carbocycles. The summed E-state index contributed by atoms with van der Waals surface area (Å²) in [5.41, 5.74) is 4.61. The molecule has 110 valence electrons. The van der Waals surface area contributed by atoms with Crippen LogP contribution in [0.5, 0.6) is 0 Å². The molecule has 0 bridgehead atoms. The van der Waals surface area contributed by atoms with E-state index in [1.54, 1.807) is 0 Å². The maximum absolute atomic E-state index is 11.6. The highest BCUT2D eigenvalue weighted by atomic mass is 32.2. The van der Waals surface area contributed by atoms with Crippen LogP contribution in [0, 0.1) is 20.8 Å². The molecule has 0 spiro atoms. The van der Waals surface area contributed by atoms with Crippen LogP contribution in [-0.4, -0.2) is 16.3 Å². The first-order valence-corrected chi connectivity index (χ1v) is 7.86. The van der Waals surface area contributed by atoms with Crippen LogP contribution in [0.2, 0.25) is 0 Å². The van der Waals surface area contributed by atoms with E-state index in [-0.39, 0.29) is 0 Å². The van der Waals surface area contributed by atoms with Crippen LogP contribution in [0.25, 0.3) is 0 Å². The van der Waals surface area contributed by atoms with Gasteiger partial charge in [0.1, 0.15) is 5.25 Å². The largest absolute Gasteiger partial charge is 0.480 e. The number of aryl methyl sites for hydroxylation is 3. The van der Waals surface area contributed by atoms with E-state index in [1.807, 2.05) is 45.0 Å². The third-order valence-electron chi connectivity index (χ3n) is 3.48. The molecule has 2 aromatic carbocycles. The molecule has 0 aliphatic rings. The van der Waals surface area contributed by atoms with Gasteiger partial charge >= 0.3 is 5.97 Å². The fourth-order valence-corrected chi connectivity index (χ4v) is 3.17. The van der Waals surface area contributed by atoms with Gasteiger partial charge in [-0.1, -0.05) is 41.5 Å². The lowest BCUT2D eigenvalue weighted by Gasteiger charge is -2.14. The fourth-order valence-electron chi connectivity index (χ4n) is 2.18. The molecule has 0 fully saturated rings. The van der Waals surface area contributed by atoms with Crippen molar-refractivity contribution in [1.29, 1.82) is 0 Å². The molecule has 2 nitrogen and oxygen atoms in total. The molecule has 2 rings (SSSR count). The lowest BCUT2D eigenvalue weighted by Crippen LogP contribution is -2.19. The fraction of sp³-hybridized carbons (Fsp3) is 0.278. The van der Waals surface area contributed by atoms with Crippen LogP contribution < -0.4 is 0 Å². The number of rotatable bonds is 5. The summed E-state index contributed by atoms with van der Waals surface area (Å²) in [4.78, 5) is 12.5. The number of carboxylic acid groups (broad SMARTS) is 1. The van der Waals surface area contributed by atoms with Gasteiger partial charge in [-0.15, -0.1) is 11.8 Å². The molecule has 3 heteroatoms. The summed E-state index contributed by atoms with van der Waals surface area (Å²) < 4.78 is 0. The molecule has 0 aromatic heterocycles. The molecule has 0 aliphatic heterocycles. The number of carboxylic acids is 1. The Balaban J connectivity index is 2.17. The molecule has 0 unspecified atom stereocenters. The number of hydrogen-bond acceptors (Lipinski definition) is 2. The third-order valence-corrected chi connectivity index (χ3v) is 4.68. The van der Waals surface area contributed by atoms with Gasteiger partial charge in [-0.3, -0.25) is 4.79 Å². The number of thioether (sulfide) groups is 1. The van der Waals surface area contributed by atoms with Crippen molar-refractivity contribution < 1.29 is 9.90 Å². The topological polar surface area (TPSA) is 37.3 Å². The second kappa shape index (κ2) is 6.81. The monoisotopic (exact) mass is 300 g/mol. The van der Waals surface area contributed by atoms with Crippen molar-refractivity contribution in [3.8, 4) is 0 Å². The van der Waals surface area contributed by atoms with Gasteiger partial charge in [0.05, 0.1) is 0 Å². The van der Waals surface area contributed by atoms with Crippen LogP contribution >= 0.6 is 11.8 Å². The van der Waals surface area contributed by atoms with Crippen LogP contribution in [-0.2, 0) is 11.2 Å². The average Bonchev–Trinajstić information content (AvgIpc) is 2.44. The van der Waals surface area contributed by atoms with E-state index in [0.717, 1.165) is 16.0 Å². The Morgan fingerprint density at radius 1 is 1.05 bits per heavy atom. The molecule has 1 N–H and O–H groups in total. The van der Waals surface area contributed by atoms with Crippen molar-refractivity contribution in [3.05, 3.63) is 64.7 Å². The zero-order valence-corrected chi connectivity index (χ0v) is 13.4. The van der Waals surface area contributed by atoms with Crippen molar-refractivity contribution in [2.45, 2.75) is 37.3 Å². The minimum Gasteiger partial charge on any atom is -0.480 e. The van der Waals surface area contributed by atoms with E-state index in [4.69, 9.17) is 0 Å². The third kappa shape index (κ3) is 4.36. The number of benzene rings is 2. The van der Waals surface area contributed by atoms with E-state index in [0.29, 0.717) is 6.42 Å². The molecular formula is C18H20O2S. The van der Waals surface area contributed by atoms with Gasteiger partial charge in [-0.05, 0) is 50.5 Å². The first-order chi connectivity index (χ1) is 9.95. The maximum Gasteiger partial charge on any atom is 0.317 e. The van der Waals surface area contributed by atoms with Crippen molar-refractivity contribution in [3.63, 3.8) is 0 Å². The molecule has 0 saturated carbocycles. The van der Waals surface area contributed by atoms with Gasteiger partial charge in [0.25, 0.3) is 0 Å². The van der Waals surface area contributed by atoms with Gasteiger partial charge in [0.2, 0.25) is 0 Å². The second-order valence-electron chi connectivity index (χ2n) is 5.39. The first-order valence-electron chi connectivity index (χ1n) is 6.98. The molecule has 0 amide bonds. The Kier molecular flexibility index (Phi) is 5.07. The minimum atomic E-state index is -0.763. The molecular weight excluding hydrogens is 280 g/mol. The van der Waals surface area contributed by atoms with Gasteiger partial charge in [0, 0.05) is 4.90 Å². The van der Waals surface area contributed by atoms with E-state index < -0.39 is 11.2 Å². The van der Waals surface area contributed by atoms with Crippen LogP contribution in [0.15, 0.2) is 47.4 Å². The van der Waals surface area contributed by atoms with E-state index in [9.17, 15) is 9.90 Å². The van der Waals surface area contributed by atoms with Crippen LogP contribution in [0.3, 0.4) is 0 Å². The summed E-state index contributed by atoms with van der Waals surface area (Å²) in [5.74, 6) is -0.763. The highest BCUT2D eigenvalue weighted by molar-refractivity contribution is 8.00. The predicted molar refractivity (Wildman–Crippen MR) is 88.1 cm³/mol. The Bertz CT molecular complexity index is 632. The Hall–Kier alpha value is -1.74. The smallest absolute Gasteiger partial charge is 0.317 e. The maximum atomic E-state index is 11.6. The molecule has 1 atom stereocenters. The van der Waals surface area contributed by atoms with Crippen molar-refractivity contribution in [1.82, 2.24) is 0 Å². The standard InChI is InChI=1S/C18H20O2S/c1-12-5-8-16(9-6-12)21-17(18(19)20)11-15-10-13(2)4-7-14(15)3/h4-10,17H,11H2,1-3H3,(H,19,20)/t17-/m0/s1. The summed E-state index contributed by atoms with van der Waals surface area (Å²) in [6.45, 7) is 6.09. The summed E-state index contributed by atoms with van der Waals surface area (Å²) in [7, 11) is 0. The number of aliphatic carboxylic acids is 1. The zero-order valence-electron chi connectivity index (χ0n) is 12.6. The quantitative estimate of drug-likeness (QED) is 0.832. The highest BCUT2D eigenvalue weighted by Crippen LogP contribution is 2.27. The van der Waals surface area contributed by atoms with Gasteiger partial charge < -0.3 is 5.11 Å². The van der Waals surface area contributed by atoms with Gasteiger partial charge in [-0.25, -0.2) is 0 Å². The van der Waals surface area contributed by atoms with Crippen LogP contribution in [0.4, 0.5) is 0 Å². The lowest BCUT2D eigenvalue weighted by molar-refractivity contribution is -0.136. The van der Waals surface area contributed by atoms with Crippen LogP contribution in [0.1, 0.15) is 22.3 Å². The second-order valence-corrected chi connectivity index (χ2v) is 6.67. The Morgan fingerprint density at radius 2 is 1.67 bits per heavy atom. The van der Waals surface area contributed by atoms with Gasteiger partial charge in [0.15, 0.2) is 0 Å². The van der Waals surface area contributed by atoms with Crippen molar-refractivity contribution in [2.75, 3.05) is 0 Å². The Morgan fingerprint density at radius 3 is 2.29 bits per heavy atom. The number of hydrogen-bond donors (Lipinski definition) is 1. The SMILES string of the molecule is Cc1ccc(S[C@@H](Cc2cc(C)ccc2C)C(=O)O)cc1. The molecule has 0 saturated heterocycles. The molecule has 2 aromatic rings. The summed E-state index contributed by atoms with van der Waals surface area (Å²) in [6.07, 6.45) is 0.543. The number of carbonyl (C=O) groups is 1. The summed E-state index contributed by atoms with van der Waals surface area (Å²) in [5, 5.41) is 9.03. The van der Waals surface area contributed by atoms with Crippen molar-refractivity contribution >= 4 is 17.7 Å². The minimum absolute atomic E-state index is 0.465. The van der Waals surface area contributed by atoms with Gasteiger partial charge in [-0.2, -0.15) is 0 Å². The first kappa shape index (κ1) is 15.6. The normalized spacial score (nSPS) is 12.1. The highest BCUT2D eigenvalue weighted by Gasteiger charge is 2.20. The lowest BCUT2D eigenvalue weighted by atomic mass is 10.0.